The number of tetrazole rings is 1. The number of nitrogens with zero attached hydrogens (tertiary/aromatic N) is 6. The first kappa shape index (κ1) is 22.9. The first-order valence-electron chi connectivity index (χ1n) is 10.4. The maximum Gasteiger partial charge on any atom is 0.413 e. The molecule has 0 radical (unpaired) electrons. The molecular weight excluding hydrogens is 441 g/mol. The fourth-order valence-electron chi connectivity index (χ4n) is 3.33. The van der Waals surface area contributed by atoms with Crippen molar-refractivity contribution < 1.29 is 19.0 Å². The summed E-state index contributed by atoms with van der Waals surface area (Å²) >= 11 is 0. The first-order valence-corrected chi connectivity index (χ1v) is 10.4. The Balaban J connectivity index is 1.70. The number of rotatable bonds is 6. The van der Waals surface area contributed by atoms with Gasteiger partial charge in [0.15, 0.2) is 5.82 Å². The number of carbonyl (C=O) groups excluding carboxylic acids is 1. The van der Waals surface area contributed by atoms with Crippen LogP contribution in [0.25, 0.3) is 16.8 Å². The molecule has 2 N–H and O–H groups in total. The number of nitrogens with one attached hydrogen (secondary N) is 1. The zero-order chi connectivity index (χ0) is 24.2. The van der Waals surface area contributed by atoms with Crippen molar-refractivity contribution >= 4 is 6.09 Å². The van der Waals surface area contributed by atoms with Gasteiger partial charge in [-0.3, -0.25) is 9.97 Å². The molecule has 0 saturated heterocycles. The minimum absolute atomic E-state index is 0.128. The Morgan fingerprint density at radius 1 is 1.18 bits per heavy atom. The van der Waals surface area contributed by atoms with E-state index in [1.165, 1.54) is 42.2 Å². The summed E-state index contributed by atoms with van der Waals surface area (Å²) < 4.78 is 21.6. The molecule has 0 spiro atoms. The monoisotopic (exact) mass is 463 g/mol. The summed E-state index contributed by atoms with van der Waals surface area (Å²) in [6, 6.07) is 9.07. The number of aliphatic hydroxyl groups is 1. The molecule has 0 saturated carbocycles. The van der Waals surface area contributed by atoms with Gasteiger partial charge < -0.3 is 15.2 Å². The Hall–Kier alpha value is -4.25. The third kappa shape index (κ3) is 5.04. The van der Waals surface area contributed by atoms with Gasteiger partial charge in [-0.2, -0.15) is 4.68 Å². The molecule has 2 unspecified atom stereocenters. The second-order valence-electron chi connectivity index (χ2n) is 7.71. The minimum Gasteiger partial charge on any atom is -0.410 e. The van der Waals surface area contributed by atoms with Crippen molar-refractivity contribution in [3.05, 3.63) is 77.9 Å². The van der Waals surface area contributed by atoms with E-state index in [0.29, 0.717) is 22.5 Å². The maximum absolute atomic E-state index is 14.8. The summed E-state index contributed by atoms with van der Waals surface area (Å²) in [5, 5.41) is 24.1. The van der Waals surface area contributed by atoms with Gasteiger partial charge in [-0.05, 0) is 60.5 Å². The molecule has 2 atom stereocenters. The minimum atomic E-state index is -0.963. The summed E-state index contributed by atoms with van der Waals surface area (Å²) in [7, 11) is 0. The second kappa shape index (κ2) is 9.71. The van der Waals surface area contributed by atoms with Crippen LogP contribution in [-0.2, 0) is 0 Å². The molecule has 0 fully saturated rings. The van der Waals surface area contributed by atoms with E-state index >= 15 is 0 Å². The number of carbonyl (C=O) groups is 1. The van der Waals surface area contributed by atoms with E-state index in [9.17, 15) is 14.3 Å². The van der Waals surface area contributed by atoms with E-state index < -0.39 is 24.1 Å². The molecule has 2 aromatic heterocycles. The predicted octanol–water partition coefficient (Wildman–Crippen LogP) is 3.47. The number of aryl methyl sites for hydroxylation is 1. The third-order valence-electron chi connectivity index (χ3n) is 5.01. The molecule has 2 heterocycles. The van der Waals surface area contributed by atoms with E-state index in [2.05, 4.69) is 30.8 Å². The number of aliphatic hydroxyl groups excluding tert-OH is 1. The normalized spacial score (nSPS) is 12.7. The highest BCUT2D eigenvalue weighted by Gasteiger charge is 2.18. The Kier molecular flexibility index (Phi) is 6.55. The Labute approximate surface area is 194 Å². The summed E-state index contributed by atoms with van der Waals surface area (Å²) in [5.74, 6) is -0.132. The SMILES string of the molecule is Cc1ccc(-c2cc(OC(=O)NC(C)c3cnccn3)cc(-n3nnnc3C(C)O)c2)c(F)c1. The van der Waals surface area contributed by atoms with Gasteiger partial charge in [0, 0.05) is 24.0 Å². The van der Waals surface area contributed by atoms with Crippen LogP contribution >= 0.6 is 0 Å². The highest BCUT2D eigenvalue weighted by atomic mass is 19.1. The number of ether oxygens (including phenoxy) is 1. The van der Waals surface area contributed by atoms with Crippen LogP contribution in [0, 0.1) is 12.7 Å². The fraction of sp³-hybridized carbons (Fsp3) is 0.217. The van der Waals surface area contributed by atoms with Gasteiger partial charge in [0.05, 0.1) is 23.6 Å². The standard InChI is InChI=1S/C23H22FN7O3/c1-13-4-5-19(20(24)8-13)16-9-17(31-22(15(3)32)28-29-30-31)11-18(10-16)34-23(33)27-14(2)21-12-25-6-7-26-21/h4-12,14-15,32H,1-3H3,(H,27,33). The van der Waals surface area contributed by atoms with E-state index in [1.54, 1.807) is 38.2 Å². The van der Waals surface area contributed by atoms with Crippen LogP contribution in [0.15, 0.2) is 55.0 Å². The van der Waals surface area contributed by atoms with Crippen molar-refractivity contribution in [1.82, 2.24) is 35.5 Å². The van der Waals surface area contributed by atoms with Crippen molar-refractivity contribution in [1.29, 1.82) is 0 Å². The molecule has 0 bridgehead atoms. The molecule has 2 aromatic carbocycles. The fourth-order valence-corrected chi connectivity index (χ4v) is 3.33. The van der Waals surface area contributed by atoms with Gasteiger partial charge in [-0.1, -0.05) is 12.1 Å². The lowest BCUT2D eigenvalue weighted by molar-refractivity contribution is 0.185. The number of halogens is 1. The molecular formula is C23H22FN7O3. The summed E-state index contributed by atoms with van der Waals surface area (Å²) in [6.07, 6.45) is 2.90. The average Bonchev–Trinajstić information content (AvgIpc) is 3.30. The van der Waals surface area contributed by atoms with E-state index in [-0.39, 0.29) is 11.6 Å². The van der Waals surface area contributed by atoms with Gasteiger partial charge in [-0.25, -0.2) is 9.18 Å². The molecule has 34 heavy (non-hydrogen) atoms. The molecule has 0 aliphatic rings. The molecule has 10 nitrogen and oxygen atoms in total. The van der Waals surface area contributed by atoms with Crippen molar-refractivity contribution in [3.63, 3.8) is 0 Å². The van der Waals surface area contributed by atoms with E-state index in [1.807, 2.05) is 0 Å². The van der Waals surface area contributed by atoms with Crippen molar-refractivity contribution in [2.24, 2.45) is 0 Å². The Bertz CT molecular complexity index is 1310. The number of hydrogen-bond donors (Lipinski definition) is 2. The van der Waals surface area contributed by atoms with Gasteiger partial charge in [0.1, 0.15) is 17.7 Å². The lowest BCUT2D eigenvalue weighted by Crippen LogP contribution is -2.30. The quantitative estimate of drug-likeness (QED) is 0.445. The molecule has 0 aliphatic carbocycles. The molecule has 4 rings (SSSR count). The molecule has 1 amide bonds. The van der Waals surface area contributed by atoms with Crippen LogP contribution in [0.1, 0.15) is 43.1 Å². The van der Waals surface area contributed by atoms with Gasteiger partial charge in [0.2, 0.25) is 0 Å². The van der Waals surface area contributed by atoms with Crippen LogP contribution in [0.3, 0.4) is 0 Å². The molecule has 4 aromatic rings. The van der Waals surface area contributed by atoms with Gasteiger partial charge >= 0.3 is 6.09 Å². The highest BCUT2D eigenvalue weighted by molar-refractivity contribution is 5.74. The maximum atomic E-state index is 14.8. The van der Waals surface area contributed by atoms with Gasteiger partial charge in [0.25, 0.3) is 0 Å². The van der Waals surface area contributed by atoms with Gasteiger partial charge in [-0.15, -0.1) is 5.10 Å². The lowest BCUT2D eigenvalue weighted by atomic mass is 10.0. The van der Waals surface area contributed by atoms with Crippen LogP contribution in [-0.4, -0.2) is 41.4 Å². The van der Waals surface area contributed by atoms with E-state index in [0.717, 1.165) is 5.56 Å². The number of benzene rings is 2. The molecule has 0 aliphatic heterocycles. The first-order chi connectivity index (χ1) is 16.3. The zero-order valence-corrected chi connectivity index (χ0v) is 18.7. The van der Waals surface area contributed by atoms with E-state index in [4.69, 9.17) is 4.74 Å². The van der Waals surface area contributed by atoms with Crippen LogP contribution in [0.2, 0.25) is 0 Å². The Morgan fingerprint density at radius 3 is 2.71 bits per heavy atom. The topological polar surface area (TPSA) is 128 Å². The molecule has 11 heteroatoms. The lowest BCUT2D eigenvalue weighted by Gasteiger charge is -2.15. The summed E-state index contributed by atoms with van der Waals surface area (Å²) in [6.45, 7) is 5.05. The van der Waals surface area contributed by atoms with Crippen molar-refractivity contribution in [2.45, 2.75) is 32.9 Å². The second-order valence-corrected chi connectivity index (χ2v) is 7.71. The number of aromatic nitrogens is 6. The van der Waals surface area contributed by atoms with Crippen LogP contribution < -0.4 is 10.1 Å². The third-order valence-corrected chi connectivity index (χ3v) is 5.01. The van der Waals surface area contributed by atoms with Crippen molar-refractivity contribution in [3.8, 4) is 22.6 Å². The number of amides is 1. The predicted molar refractivity (Wildman–Crippen MR) is 120 cm³/mol. The zero-order valence-electron chi connectivity index (χ0n) is 18.7. The van der Waals surface area contributed by atoms with Crippen LogP contribution in [0.4, 0.5) is 9.18 Å². The summed E-state index contributed by atoms with van der Waals surface area (Å²) in [4.78, 5) is 20.7. The molecule has 174 valence electrons. The van der Waals surface area contributed by atoms with Crippen LogP contribution in [0.5, 0.6) is 5.75 Å². The largest absolute Gasteiger partial charge is 0.413 e. The Morgan fingerprint density at radius 2 is 2.00 bits per heavy atom. The highest BCUT2D eigenvalue weighted by Crippen LogP contribution is 2.31. The van der Waals surface area contributed by atoms with Crippen molar-refractivity contribution in [2.75, 3.05) is 0 Å². The smallest absolute Gasteiger partial charge is 0.410 e. The summed E-state index contributed by atoms with van der Waals surface area (Å²) in [5.41, 5.74) is 2.45. The average molecular weight is 463 g/mol. The number of hydrogen-bond acceptors (Lipinski definition) is 8.